The van der Waals surface area contributed by atoms with Crippen LogP contribution in [0.25, 0.3) is 0 Å². The van der Waals surface area contributed by atoms with Gasteiger partial charge in [-0.3, -0.25) is 4.90 Å². The van der Waals surface area contributed by atoms with Crippen molar-refractivity contribution in [2.45, 2.75) is 24.1 Å². The molecule has 0 radical (unpaired) electrons. The summed E-state index contributed by atoms with van der Waals surface area (Å²) in [7, 11) is 2.16. The van der Waals surface area contributed by atoms with Gasteiger partial charge in [-0.15, -0.1) is 0 Å². The Kier molecular flexibility index (Phi) is 3.24. The number of hydrogen-bond donors (Lipinski definition) is 0. The number of likely N-dealkylation sites (N-methyl/N-ethyl adjacent to an activating group) is 1. The SMILES string of the molecule is CC1SCCC1(C#N)N1CCN(C)CC1. The van der Waals surface area contributed by atoms with E-state index in [4.69, 9.17) is 0 Å². The van der Waals surface area contributed by atoms with Crippen molar-refractivity contribution in [1.82, 2.24) is 9.80 Å². The van der Waals surface area contributed by atoms with Gasteiger partial charge in [0.05, 0.1) is 6.07 Å². The first kappa shape index (κ1) is 11.3. The lowest BCUT2D eigenvalue weighted by Crippen LogP contribution is -2.58. The first-order valence-corrected chi connectivity index (χ1v) is 6.70. The van der Waals surface area contributed by atoms with Crippen molar-refractivity contribution in [1.29, 1.82) is 5.26 Å². The molecule has 0 aliphatic carbocycles. The summed E-state index contributed by atoms with van der Waals surface area (Å²) in [5.41, 5.74) is -0.175. The van der Waals surface area contributed by atoms with Crippen LogP contribution in [0, 0.1) is 11.3 Å². The van der Waals surface area contributed by atoms with Gasteiger partial charge in [0.1, 0.15) is 5.54 Å². The molecule has 0 spiro atoms. The van der Waals surface area contributed by atoms with Crippen molar-refractivity contribution >= 4 is 11.8 Å². The van der Waals surface area contributed by atoms with Gasteiger partial charge in [-0.2, -0.15) is 17.0 Å². The Labute approximate surface area is 96.4 Å². The number of nitriles is 1. The lowest BCUT2D eigenvalue weighted by atomic mass is 9.91. The molecule has 2 unspecified atom stereocenters. The fourth-order valence-electron chi connectivity index (χ4n) is 2.57. The zero-order chi connectivity index (χ0) is 10.9. The Morgan fingerprint density at radius 3 is 2.47 bits per heavy atom. The van der Waals surface area contributed by atoms with Crippen LogP contribution in [-0.4, -0.2) is 59.6 Å². The molecule has 4 heteroatoms. The average Bonchev–Trinajstić information content (AvgIpc) is 2.62. The van der Waals surface area contributed by atoms with E-state index < -0.39 is 0 Å². The van der Waals surface area contributed by atoms with Gasteiger partial charge in [-0.1, -0.05) is 6.92 Å². The van der Waals surface area contributed by atoms with Gasteiger partial charge in [-0.05, 0) is 19.2 Å². The van der Waals surface area contributed by atoms with Gasteiger partial charge >= 0.3 is 0 Å². The van der Waals surface area contributed by atoms with Crippen LogP contribution < -0.4 is 0 Å². The van der Waals surface area contributed by atoms with Crippen molar-refractivity contribution in [3.63, 3.8) is 0 Å². The third-order valence-electron chi connectivity index (χ3n) is 3.78. The predicted molar refractivity (Wildman–Crippen MR) is 64.0 cm³/mol. The standard InChI is InChI=1S/C11H19N3S/c1-10-11(9-12,3-8-15-10)14-6-4-13(2)5-7-14/h10H,3-8H2,1-2H3. The topological polar surface area (TPSA) is 30.3 Å². The summed E-state index contributed by atoms with van der Waals surface area (Å²) in [4.78, 5) is 4.76. The molecule has 2 saturated heterocycles. The highest BCUT2D eigenvalue weighted by atomic mass is 32.2. The van der Waals surface area contributed by atoms with Crippen LogP contribution in [0.15, 0.2) is 0 Å². The van der Waals surface area contributed by atoms with E-state index in [1.54, 1.807) is 0 Å². The van der Waals surface area contributed by atoms with Crippen molar-refractivity contribution in [3.05, 3.63) is 0 Å². The number of piperazine rings is 1. The number of thioether (sulfide) groups is 1. The number of hydrogen-bond acceptors (Lipinski definition) is 4. The highest BCUT2D eigenvalue weighted by Gasteiger charge is 2.46. The average molecular weight is 225 g/mol. The molecule has 2 rings (SSSR count). The second kappa shape index (κ2) is 4.32. The predicted octanol–water partition coefficient (Wildman–Crippen LogP) is 1.02. The molecule has 2 aliphatic heterocycles. The lowest BCUT2D eigenvalue weighted by molar-refractivity contribution is 0.0760. The molecule has 2 fully saturated rings. The van der Waals surface area contributed by atoms with E-state index in [9.17, 15) is 5.26 Å². The minimum atomic E-state index is -0.175. The van der Waals surface area contributed by atoms with Crippen LogP contribution in [0.3, 0.4) is 0 Å². The first-order valence-electron chi connectivity index (χ1n) is 5.65. The van der Waals surface area contributed by atoms with Gasteiger partial charge in [0.25, 0.3) is 0 Å². The fraction of sp³-hybridized carbons (Fsp3) is 0.909. The minimum absolute atomic E-state index is 0.175. The second-order valence-electron chi connectivity index (χ2n) is 4.59. The maximum absolute atomic E-state index is 9.49. The van der Waals surface area contributed by atoms with E-state index in [-0.39, 0.29) is 5.54 Å². The molecule has 0 amide bonds. The van der Waals surface area contributed by atoms with Crippen LogP contribution in [0.1, 0.15) is 13.3 Å². The molecular formula is C11H19N3S. The van der Waals surface area contributed by atoms with Crippen LogP contribution in [0.4, 0.5) is 0 Å². The molecule has 0 N–H and O–H groups in total. The van der Waals surface area contributed by atoms with Crippen molar-refractivity contribution in [2.24, 2.45) is 0 Å². The first-order chi connectivity index (χ1) is 7.19. The van der Waals surface area contributed by atoms with E-state index in [0.717, 1.165) is 38.4 Å². The monoisotopic (exact) mass is 225 g/mol. The summed E-state index contributed by atoms with van der Waals surface area (Å²) in [5.74, 6) is 1.14. The van der Waals surface area contributed by atoms with Crippen LogP contribution in [0.5, 0.6) is 0 Å². The quantitative estimate of drug-likeness (QED) is 0.666. The summed E-state index contributed by atoms with van der Waals surface area (Å²) in [6, 6.07) is 2.60. The Balaban J connectivity index is 2.10. The Morgan fingerprint density at radius 2 is 2.00 bits per heavy atom. The van der Waals surface area contributed by atoms with Crippen LogP contribution in [-0.2, 0) is 0 Å². The third-order valence-corrected chi connectivity index (χ3v) is 5.11. The summed E-state index contributed by atoms with van der Waals surface area (Å²) in [5, 5.41) is 9.95. The maximum Gasteiger partial charge on any atom is 0.121 e. The fourth-order valence-corrected chi connectivity index (χ4v) is 3.95. The van der Waals surface area contributed by atoms with E-state index in [1.807, 2.05) is 11.8 Å². The summed E-state index contributed by atoms with van der Waals surface area (Å²) in [6.07, 6.45) is 1.04. The van der Waals surface area contributed by atoms with Crippen molar-refractivity contribution in [3.8, 4) is 6.07 Å². The molecule has 0 bridgehead atoms. The molecular weight excluding hydrogens is 206 g/mol. The number of rotatable bonds is 1. The molecule has 0 saturated carbocycles. The second-order valence-corrected chi connectivity index (χ2v) is 6.04. The van der Waals surface area contributed by atoms with Crippen molar-refractivity contribution in [2.75, 3.05) is 39.0 Å². The Hall–Kier alpha value is -0.240. The zero-order valence-corrected chi connectivity index (χ0v) is 10.4. The summed E-state index contributed by atoms with van der Waals surface area (Å²) >= 11 is 1.95. The summed E-state index contributed by atoms with van der Waals surface area (Å²) in [6.45, 7) is 6.50. The molecule has 0 aromatic rings. The third kappa shape index (κ3) is 1.89. The van der Waals surface area contributed by atoms with Crippen molar-refractivity contribution < 1.29 is 0 Å². The lowest BCUT2D eigenvalue weighted by Gasteiger charge is -2.43. The van der Waals surface area contributed by atoms with Gasteiger partial charge < -0.3 is 4.90 Å². The Morgan fingerprint density at radius 1 is 1.33 bits per heavy atom. The zero-order valence-electron chi connectivity index (χ0n) is 9.57. The van der Waals surface area contributed by atoms with Crippen LogP contribution >= 0.6 is 11.8 Å². The highest BCUT2D eigenvalue weighted by molar-refractivity contribution is 8.00. The molecule has 2 aliphatic rings. The highest BCUT2D eigenvalue weighted by Crippen LogP contribution is 2.40. The molecule has 2 heterocycles. The van der Waals surface area contributed by atoms with Gasteiger partial charge in [0.2, 0.25) is 0 Å². The molecule has 2 atom stereocenters. The van der Waals surface area contributed by atoms with E-state index in [0.29, 0.717) is 5.25 Å². The smallest absolute Gasteiger partial charge is 0.121 e. The summed E-state index contributed by atoms with van der Waals surface area (Å²) < 4.78 is 0. The maximum atomic E-state index is 9.49. The molecule has 0 aromatic carbocycles. The molecule has 0 aromatic heterocycles. The van der Waals surface area contributed by atoms with Gasteiger partial charge in [0, 0.05) is 31.4 Å². The van der Waals surface area contributed by atoms with Crippen LogP contribution in [0.2, 0.25) is 0 Å². The normalized spacial score (nSPS) is 39.1. The molecule has 3 nitrogen and oxygen atoms in total. The molecule has 84 valence electrons. The Bertz CT molecular complexity index is 267. The largest absolute Gasteiger partial charge is 0.304 e. The van der Waals surface area contributed by atoms with E-state index in [2.05, 4.69) is 29.8 Å². The minimum Gasteiger partial charge on any atom is -0.304 e. The van der Waals surface area contributed by atoms with E-state index in [1.165, 1.54) is 0 Å². The molecule has 15 heavy (non-hydrogen) atoms. The van der Waals surface area contributed by atoms with Gasteiger partial charge in [0.15, 0.2) is 0 Å². The number of nitrogens with zero attached hydrogens (tertiary/aromatic N) is 3. The van der Waals surface area contributed by atoms with E-state index >= 15 is 0 Å². The van der Waals surface area contributed by atoms with Gasteiger partial charge in [-0.25, -0.2) is 0 Å².